The third kappa shape index (κ3) is 2.20. The van der Waals surface area contributed by atoms with Gasteiger partial charge in [-0.1, -0.05) is 13.5 Å². The van der Waals surface area contributed by atoms with E-state index in [2.05, 4.69) is 29.7 Å². The minimum atomic E-state index is -3.82. The molecule has 5 heteroatoms. The van der Waals surface area contributed by atoms with Crippen LogP contribution in [0.4, 0.5) is 0 Å². The lowest BCUT2D eigenvalue weighted by Gasteiger charge is -2.49. The van der Waals surface area contributed by atoms with E-state index in [1.807, 2.05) is 6.07 Å². The highest BCUT2D eigenvalue weighted by molar-refractivity contribution is 7.86. The van der Waals surface area contributed by atoms with Crippen LogP contribution >= 0.6 is 0 Å². The first kappa shape index (κ1) is 16.3. The number of fused-ring (bicyclic) bond motifs is 6. The molecule has 4 unspecified atom stereocenters. The fraction of sp³-hybridized carbons (Fsp3) is 0.524. The van der Waals surface area contributed by atoms with Crippen molar-refractivity contribution >= 4 is 16.5 Å². The van der Waals surface area contributed by atoms with Crippen LogP contribution in [0.3, 0.4) is 0 Å². The van der Waals surface area contributed by atoms with Gasteiger partial charge in [-0.3, -0.25) is 0 Å². The molecule has 5 rings (SSSR count). The summed E-state index contributed by atoms with van der Waals surface area (Å²) in [4.78, 5) is 0. The minimum Gasteiger partial charge on any atom is -0.365 e. The fourth-order valence-electron chi connectivity index (χ4n) is 6.15. The van der Waals surface area contributed by atoms with Crippen LogP contribution in [-0.2, 0) is 16.7 Å². The molecule has 0 N–H and O–H groups in total. The number of hydrogen-bond donors (Lipinski definition) is 0. The van der Waals surface area contributed by atoms with Crippen LogP contribution in [0.1, 0.15) is 61.6 Å². The summed E-state index contributed by atoms with van der Waals surface area (Å²) in [5, 5.41) is 0. The fourth-order valence-corrected chi connectivity index (χ4v) is 6.81. The molecule has 136 valence electrons. The predicted octanol–water partition coefficient (Wildman–Crippen LogP) is 4.31. The van der Waals surface area contributed by atoms with Crippen molar-refractivity contribution in [2.45, 2.75) is 51.4 Å². The van der Waals surface area contributed by atoms with Gasteiger partial charge >= 0.3 is 10.3 Å². The molecule has 0 bridgehead atoms. The van der Waals surface area contributed by atoms with Gasteiger partial charge in [0.25, 0.3) is 0 Å². The lowest BCUT2D eigenvalue weighted by atomic mass is 9.55. The Bertz CT molecular complexity index is 987. The number of nitrogens with zero attached hydrogens (tertiary/aromatic N) is 1. The van der Waals surface area contributed by atoms with Crippen molar-refractivity contribution in [3.63, 3.8) is 0 Å². The molecule has 0 aromatic heterocycles. The average molecular weight is 369 g/mol. The molecule has 0 amide bonds. The summed E-state index contributed by atoms with van der Waals surface area (Å²) in [6.07, 6.45) is 8.34. The Balaban J connectivity index is 1.55. The molecule has 1 aromatic carbocycles. The molecule has 1 heterocycles. The third-order valence-electron chi connectivity index (χ3n) is 7.37. The molecule has 4 nitrogen and oxygen atoms in total. The summed E-state index contributed by atoms with van der Waals surface area (Å²) in [6, 6.07) is 4.06. The van der Waals surface area contributed by atoms with E-state index < -0.39 is 10.3 Å². The van der Waals surface area contributed by atoms with Gasteiger partial charge in [0, 0.05) is 5.56 Å². The Morgan fingerprint density at radius 2 is 2.12 bits per heavy atom. The van der Waals surface area contributed by atoms with Gasteiger partial charge in [-0.05, 0) is 90.5 Å². The molecule has 2 saturated carbocycles. The molecule has 2 fully saturated rings. The highest BCUT2D eigenvalue weighted by Gasteiger charge is 2.52. The zero-order valence-electron chi connectivity index (χ0n) is 15.0. The maximum Gasteiger partial charge on any atom is 0.428 e. The normalized spacial score (nSPS) is 36.2. The van der Waals surface area contributed by atoms with Crippen molar-refractivity contribution in [2.75, 3.05) is 0 Å². The second-order valence-electron chi connectivity index (χ2n) is 8.40. The molecule has 4 aliphatic rings. The van der Waals surface area contributed by atoms with E-state index >= 15 is 0 Å². The van der Waals surface area contributed by atoms with Crippen molar-refractivity contribution in [3.05, 3.63) is 46.7 Å². The average Bonchev–Trinajstić information content (AvgIpc) is 2.95. The molecule has 3 aliphatic carbocycles. The first-order chi connectivity index (χ1) is 12.4. The van der Waals surface area contributed by atoms with Crippen LogP contribution in [0.5, 0.6) is 5.75 Å². The first-order valence-electron chi connectivity index (χ1n) is 9.47. The summed E-state index contributed by atoms with van der Waals surface area (Å²) in [6.45, 7) is 6.36. The Kier molecular flexibility index (Phi) is 3.35. The van der Waals surface area contributed by atoms with E-state index in [1.54, 1.807) is 0 Å². The third-order valence-corrected chi connectivity index (χ3v) is 8.12. The number of rotatable bonds is 0. The van der Waals surface area contributed by atoms with Crippen molar-refractivity contribution in [3.8, 4) is 5.75 Å². The SMILES string of the molecule is C=C=C1CCC2C3CCc4cc5c(cc4C3CCC12C)C=NS(=O)(=O)O5. The molecule has 26 heavy (non-hydrogen) atoms. The van der Waals surface area contributed by atoms with Crippen molar-refractivity contribution in [1.29, 1.82) is 0 Å². The summed E-state index contributed by atoms with van der Waals surface area (Å²) in [5.41, 5.74) is 8.36. The maximum atomic E-state index is 11.6. The van der Waals surface area contributed by atoms with Crippen LogP contribution in [0.2, 0.25) is 0 Å². The lowest BCUT2D eigenvalue weighted by Crippen LogP contribution is -2.40. The zero-order valence-corrected chi connectivity index (χ0v) is 15.8. The Morgan fingerprint density at radius 1 is 1.27 bits per heavy atom. The van der Waals surface area contributed by atoms with Crippen molar-refractivity contribution < 1.29 is 12.6 Å². The van der Waals surface area contributed by atoms with Gasteiger partial charge in [-0.25, -0.2) is 0 Å². The van der Waals surface area contributed by atoms with Gasteiger partial charge in [-0.2, -0.15) is 8.42 Å². The molecular formula is C21H23NO3S. The number of hydrogen-bond acceptors (Lipinski definition) is 3. The number of aryl methyl sites for hydroxylation is 1. The Morgan fingerprint density at radius 3 is 2.92 bits per heavy atom. The molecule has 0 spiro atoms. The first-order valence-corrected chi connectivity index (χ1v) is 10.8. The Labute approximate surface area is 154 Å². The molecule has 1 aliphatic heterocycles. The van der Waals surface area contributed by atoms with Gasteiger partial charge in [0.2, 0.25) is 0 Å². The molecule has 1 aromatic rings. The quantitative estimate of drug-likeness (QED) is 0.640. The summed E-state index contributed by atoms with van der Waals surface area (Å²) >= 11 is 0. The Hall–Kier alpha value is -1.84. The van der Waals surface area contributed by atoms with E-state index in [9.17, 15) is 8.42 Å². The minimum absolute atomic E-state index is 0.271. The lowest BCUT2D eigenvalue weighted by molar-refractivity contribution is 0.0815. The van der Waals surface area contributed by atoms with Crippen molar-refractivity contribution in [1.82, 2.24) is 0 Å². The van der Waals surface area contributed by atoms with Gasteiger partial charge in [0.05, 0.1) is 6.21 Å². The van der Waals surface area contributed by atoms with E-state index in [0.717, 1.165) is 18.4 Å². The smallest absolute Gasteiger partial charge is 0.365 e. The molecule has 4 atom stereocenters. The van der Waals surface area contributed by atoms with Crippen LogP contribution in [0, 0.1) is 17.3 Å². The predicted molar refractivity (Wildman–Crippen MR) is 101 cm³/mol. The second kappa shape index (κ2) is 5.34. The largest absolute Gasteiger partial charge is 0.428 e. The van der Waals surface area contributed by atoms with E-state index in [1.165, 1.54) is 48.6 Å². The van der Waals surface area contributed by atoms with Crippen LogP contribution in [-0.4, -0.2) is 14.6 Å². The standard InChI is InChI=1S/C21H23NO3S/c1-3-15-5-7-19-17-6-4-13-11-20-14(12-22-26(23,24)25-20)10-18(13)16(17)8-9-21(15,19)2/h10-12,16-17,19H,1,4-9H2,2H3. The summed E-state index contributed by atoms with van der Waals surface area (Å²) in [7, 11) is -3.82. The van der Waals surface area contributed by atoms with Gasteiger partial charge in [-0.15, -0.1) is 10.1 Å². The van der Waals surface area contributed by atoms with Crippen molar-refractivity contribution in [2.24, 2.45) is 21.6 Å². The van der Waals surface area contributed by atoms with Gasteiger partial charge < -0.3 is 4.18 Å². The molecule has 0 saturated heterocycles. The van der Waals surface area contributed by atoms with Crippen LogP contribution in [0.25, 0.3) is 0 Å². The summed E-state index contributed by atoms with van der Waals surface area (Å²) in [5.74, 6) is 2.38. The van der Waals surface area contributed by atoms with Crippen LogP contribution < -0.4 is 4.18 Å². The molecule has 0 radical (unpaired) electrons. The number of benzene rings is 1. The maximum absolute atomic E-state index is 11.6. The van der Waals surface area contributed by atoms with Gasteiger partial charge in [0.15, 0.2) is 5.75 Å². The highest BCUT2D eigenvalue weighted by Crippen LogP contribution is 2.62. The molecular weight excluding hydrogens is 346 g/mol. The van der Waals surface area contributed by atoms with E-state index in [0.29, 0.717) is 23.5 Å². The topological polar surface area (TPSA) is 55.7 Å². The van der Waals surface area contributed by atoms with Gasteiger partial charge in [0.1, 0.15) is 0 Å². The highest BCUT2D eigenvalue weighted by atomic mass is 32.2. The number of allylic oxidation sites excluding steroid dienone is 1. The van der Waals surface area contributed by atoms with E-state index in [-0.39, 0.29) is 5.41 Å². The second-order valence-corrected chi connectivity index (χ2v) is 9.63. The monoisotopic (exact) mass is 369 g/mol. The summed E-state index contributed by atoms with van der Waals surface area (Å²) < 4.78 is 31.8. The van der Waals surface area contributed by atoms with Crippen LogP contribution in [0.15, 0.2) is 34.4 Å². The van der Waals surface area contributed by atoms with E-state index in [4.69, 9.17) is 4.18 Å². The zero-order chi connectivity index (χ0) is 18.1.